The fourth-order valence-electron chi connectivity index (χ4n) is 3.95. The first kappa shape index (κ1) is 18.5. The van der Waals surface area contributed by atoms with E-state index < -0.39 is 0 Å². The maximum Gasteiger partial charge on any atom is 0.261 e. The lowest BCUT2D eigenvalue weighted by atomic mass is 10.0. The number of anilines is 2. The van der Waals surface area contributed by atoms with Gasteiger partial charge in [-0.3, -0.25) is 19.8 Å². The summed E-state index contributed by atoms with van der Waals surface area (Å²) in [5.74, 6) is 1.45. The Labute approximate surface area is 165 Å². The van der Waals surface area contributed by atoms with Gasteiger partial charge in [0.2, 0.25) is 0 Å². The summed E-state index contributed by atoms with van der Waals surface area (Å²) in [5.41, 5.74) is 3.56. The van der Waals surface area contributed by atoms with E-state index in [1.807, 2.05) is 32.3 Å². The van der Waals surface area contributed by atoms with Gasteiger partial charge in [0.15, 0.2) is 5.82 Å². The van der Waals surface area contributed by atoms with E-state index in [1.54, 1.807) is 4.90 Å². The average Bonchev–Trinajstić information content (AvgIpc) is 3.10. The standard InChI is InChI=1S/C20H27N7O/c1-6-25(5)27-13(2)26(20(28)16-9-10-24(4)12-18(16)27)14-7-8-15-17(11-14)22-23-19(15)21-3/h7-8,11H,2,6,9-10,12H2,1,3-5H3,(H2,21,22,23). The molecule has 0 radical (unpaired) electrons. The highest BCUT2D eigenvalue weighted by molar-refractivity contribution is 6.10. The number of amides is 1. The summed E-state index contributed by atoms with van der Waals surface area (Å²) in [6.45, 7) is 8.81. The number of hydrazine groups is 1. The van der Waals surface area contributed by atoms with Crippen LogP contribution in [0.15, 0.2) is 41.9 Å². The molecule has 2 aliphatic rings. The molecule has 0 spiro atoms. The van der Waals surface area contributed by atoms with Crippen LogP contribution in [0.3, 0.4) is 0 Å². The SMILES string of the molecule is C=C1N(c2ccc3c(NC)n[nH]c3c2)C(=O)C2=C(CN(C)CC2)N1N(C)CC. The molecule has 0 bridgehead atoms. The van der Waals surface area contributed by atoms with E-state index in [4.69, 9.17) is 0 Å². The topological polar surface area (TPSA) is 70.7 Å². The fourth-order valence-corrected chi connectivity index (χ4v) is 3.95. The molecule has 8 heteroatoms. The van der Waals surface area contributed by atoms with E-state index in [1.165, 1.54) is 0 Å². The maximum atomic E-state index is 13.4. The van der Waals surface area contributed by atoms with Gasteiger partial charge in [0.05, 0.1) is 16.9 Å². The average molecular weight is 381 g/mol. The number of likely N-dealkylation sites (N-methyl/N-ethyl adjacent to an activating group) is 1. The largest absolute Gasteiger partial charge is 0.371 e. The molecule has 2 N–H and O–H groups in total. The van der Waals surface area contributed by atoms with Crippen molar-refractivity contribution in [2.24, 2.45) is 0 Å². The van der Waals surface area contributed by atoms with Crippen molar-refractivity contribution in [3.05, 3.63) is 41.9 Å². The highest BCUT2D eigenvalue weighted by Crippen LogP contribution is 2.37. The zero-order valence-electron chi connectivity index (χ0n) is 16.9. The number of rotatable bonds is 4. The zero-order valence-corrected chi connectivity index (χ0v) is 16.9. The van der Waals surface area contributed by atoms with E-state index in [2.05, 4.69) is 51.0 Å². The van der Waals surface area contributed by atoms with Crippen molar-refractivity contribution in [1.82, 2.24) is 25.1 Å². The van der Waals surface area contributed by atoms with Gasteiger partial charge in [-0.15, -0.1) is 0 Å². The van der Waals surface area contributed by atoms with Crippen LogP contribution in [0, 0.1) is 0 Å². The van der Waals surface area contributed by atoms with E-state index in [9.17, 15) is 4.79 Å². The summed E-state index contributed by atoms with van der Waals surface area (Å²) in [6.07, 6.45) is 0.735. The number of hydrogen-bond acceptors (Lipinski definition) is 6. The van der Waals surface area contributed by atoms with Gasteiger partial charge in [0, 0.05) is 44.7 Å². The molecule has 4 rings (SSSR count). The molecular formula is C20H27N7O. The number of carbonyl (C=O) groups excluding carboxylic acids is 1. The molecule has 148 valence electrons. The number of fused-ring (bicyclic) bond motifs is 1. The second-order valence-electron chi connectivity index (χ2n) is 7.31. The maximum absolute atomic E-state index is 13.4. The number of hydrogen-bond donors (Lipinski definition) is 2. The number of aromatic amines is 1. The van der Waals surface area contributed by atoms with Crippen LogP contribution in [-0.4, -0.2) is 71.8 Å². The van der Waals surface area contributed by atoms with Crippen LogP contribution in [0.2, 0.25) is 0 Å². The third-order valence-corrected chi connectivity index (χ3v) is 5.57. The minimum atomic E-state index is 0.0153. The van der Waals surface area contributed by atoms with Crippen LogP contribution >= 0.6 is 0 Å². The number of H-pyrrole nitrogens is 1. The second kappa shape index (κ2) is 6.96. The van der Waals surface area contributed by atoms with Crippen LogP contribution in [0.25, 0.3) is 10.9 Å². The number of aromatic nitrogens is 2. The minimum absolute atomic E-state index is 0.0153. The summed E-state index contributed by atoms with van der Waals surface area (Å²) in [7, 11) is 5.95. The first-order chi connectivity index (χ1) is 13.5. The predicted molar refractivity (Wildman–Crippen MR) is 112 cm³/mol. The van der Waals surface area contributed by atoms with E-state index in [-0.39, 0.29) is 5.91 Å². The van der Waals surface area contributed by atoms with Crippen molar-refractivity contribution in [3.8, 4) is 0 Å². The van der Waals surface area contributed by atoms with Crippen molar-refractivity contribution < 1.29 is 4.79 Å². The lowest BCUT2D eigenvalue weighted by Crippen LogP contribution is -2.54. The van der Waals surface area contributed by atoms with Gasteiger partial charge in [0.1, 0.15) is 5.82 Å². The number of benzene rings is 1. The lowest BCUT2D eigenvalue weighted by Gasteiger charge is -2.47. The van der Waals surface area contributed by atoms with Crippen LogP contribution < -0.4 is 10.2 Å². The zero-order chi connectivity index (χ0) is 20.0. The Morgan fingerprint density at radius 1 is 1.39 bits per heavy atom. The molecule has 0 saturated carbocycles. The van der Waals surface area contributed by atoms with E-state index in [0.717, 1.165) is 59.7 Å². The molecular weight excluding hydrogens is 354 g/mol. The number of nitrogens with one attached hydrogen (secondary N) is 2. The Hall–Kier alpha value is -2.84. The van der Waals surface area contributed by atoms with Gasteiger partial charge >= 0.3 is 0 Å². The van der Waals surface area contributed by atoms with Gasteiger partial charge < -0.3 is 10.2 Å². The molecule has 1 aromatic heterocycles. The molecule has 2 aliphatic heterocycles. The summed E-state index contributed by atoms with van der Waals surface area (Å²) < 4.78 is 0. The van der Waals surface area contributed by atoms with Gasteiger partial charge in [-0.2, -0.15) is 5.10 Å². The van der Waals surface area contributed by atoms with Gasteiger partial charge in [-0.25, -0.2) is 5.01 Å². The van der Waals surface area contributed by atoms with Crippen molar-refractivity contribution in [1.29, 1.82) is 0 Å². The molecule has 3 heterocycles. The third-order valence-electron chi connectivity index (χ3n) is 5.57. The molecule has 8 nitrogen and oxygen atoms in total. The Morgan fingerprint density at radius 3 is 2.89 bits per heavy atom. The molecule has 0 saturated heterocycles. The smallest absolute Gasteiger partial charge is 0.261 e. The molecule has 0 aliphatic carbocycles. The van der Waals surface area contributed by atoms with Crippen molar-refractivity contribution >= 4 is 28.3 Å². The van der Waals surface area contributed by atoms with E-state index in [0.29, 0.717) is 5.82 Å². The molecule has 0 unspecified atom stereocenters. The summed E-state index contributed by atoms with van der Waals surface area (Å²) >= 11 is 0. The van der Waals surface area contributed by atoms with Crippen molar-refractivity contribution in [2.45, 2.75) is 13.3 Å². The first-order valence-electron chi connectivity index (χ1n) is 9.57. The van der Waals surface area contributed by atoms with Crippen LogP contribution in [0.5, 0.6) is 0 Å². The Bertz CT molecular complexity index is 976. The Kier molecular flexibility index (Phi) is 4.60. The predicted octanol–water partition coefficient (Wildman–Crippen LogP) is 2.18. The molecule has 28 heavy (non-hydrogen) atoms. The van der Waals surface area contributed by atoms with Gasteiger partial charge in [0.25, 0.3) is 5.91 Å². The number of carbonyl (C=O) groups is 1. The Morgan fingerprint density at radius 2 is 2.18 bits per heavy atom. The Balaban J connectivity index is 1.81. The van der Waals surface area contributed by atoms with Crippen molar-refractivity contribution in [2.75, 3.05) is 51.0 Å². The minimum Gasteiger partial charge on any atom is -0.371 e. The number of nitrogens with zero attached hydrogens (tertiary/aromatic N) is 5. The monoisotopic (exact) mass is 381 g/mol. The summed E-state index contributed by atoms with van der Waals surface area (Å²) in [6, 6.07) is 5.89. The molecule has 1 amide bonds. The second-order valence-corrected chi connectivity index (χ2v) is 7.31. The van der Waals surface area contributed by atoms with Crippen LogP contribution in [0.1, 0.15) is 13.3 Å². The summed E-state index contributed by atoms with van der Waals surface area (Å²) in [4.78, 5) is 17.4. The van der Waals surface area contributed by atoms with Crippen molar-refractivity contribution in [3.63, 3.8) is 0 Å². The quantitative estimate of drug-likeness (QED) is 0.846. The van der Waals surface area contributed by atoms with E-state index >= 15 is 0 Å². The lowest BCUT2D eigenvalue weighted by molar-refractivity contribution is -0.117. The molecule has 0 fully saturated rings. The van der Waals surface area contributed by atoms with Crippen LogP contribution in [-0.2, 0) is 4.79 Å². The normalized spacial score (nSPS) is 18.5. The fraction of sp³-hybridized carbons (Fsp3) is 0.400. The molecule has 1 aromatic carbocycles. The molecule has 0 atom stereocenters. The summed E-state index contributed by atoms with van der Waals surface area (Å²) in [5, 5.41) is 15.6. The van der Waals surface area contributed by atoms with Gasteiger partial charge in [-0.1, -0.05) is 13.5 Å². The highest BCUT2D eigenvalue weighted by atomic mass is 16.2. The third kappa shape index (κ3) is 2.76. The first-order valence-corrected chi connectivity index (χ1v) is 9.57. The molecule has 2 aromatic rings. The van der Waals surface area contributed by atoms with Crippen LogP contribution in [0.4, 0.5) is 11.5 Å². The van der Waals surface area contributed by atoms with Gasteiger partial charge in [-0.05, 0) is 31.7 Å². The highest BCUT2D eigenvalue weighted by Gasteiger charge is 2.39.